The molecule has 116 valence electrons. The molecule has 2 nitrogen and oxygen atoms in total. The summed E-state index contributed by atoms with van der Waals surface area (Å²) < 4.78 is 0. The van der Waals surface area contributed by atoms with Gasteiger partial charge in [0, 0.05) is 12.1 Å². The van der Waals surface area contributed by atoms with Gasteiger partial charge in [0.2, 0.25) is 0 Å². The van der Waals surface area contributed by atoms with Crippen LogP contribution in [0.5, 0.6) is 0 Å². The summed E-state index contributed by atoms with van der Waals surface area (Å²) in [6, 6.07) is 10.2. The van der Waals surface area contributed by atoms with Crippen molar-refractivity contribution in [2.75, 3.05) is 6.54 Å². The van der Waals surface area contributed by atoms with Crippen molar-refractivity contribution in [3.8, 4) is 0 Å². The van der Waals surface area contributed by atoms with Gasteiger partial charge in [0.25, 0.3) is 0 Å². The molecule has 2 N–H and O–H groups in total. The first-order valence-corrected chi connectivity index (χ1v) is 8.75. The molecule has 1 aromatic carbocycles. The molecule has 0 aromatic heterocycles. The van der Waals surface area contributed by atoms with E-state index in [1.807, 2.05) is 0 Å². The first-order chi connectivity index (χ1) is 10.2. The number of likely N-dealkylation sites (tertiary alicyclic amines) is 1. The van der Waals surface area contributed by atoms with Crippen LogP contribution in [0.1, 0.15) is 62.6 Å². The van der Waals surface area contributed by atoms with E-state index in [9.17, 15) is 0 Å². The number of nitrogens with zero attached hydrogens (tertiary/aromatic N) is 1. The van der Waals surface area contributed by atoms with Crippen LogP contribution in [0.25, 0.3) is 0 Å². The first kappa shape index (κ1) is 15.1. The second kappa shape index (κ2) is 6.50. The molecule has 2 unspecified atom stereocenters. The number of nitrogens with two attached hydrogens (primary N) is 1. The van der Waals surface area contributed by atoms with Crippen molar-refractivity contribution >= 4 is 0 Å². The molecule has 0 amide bonds. The Labute approximate surface area is 129 Å². The smallest absolute Gasteiger partial charge is 0.0502 e. The highest BCUT2D eigenvalue weighted by atomic mass is 15.2. The third-order valence-electron chi connectivity index (χ3n) is 5.65. The van der Waals surface area contributed by atoms with Crippen LogP contribution in [0.4, 0.5) is 0 Å². The lowest BCUT2D eigenvalue weighted by Gasteiger charge is -2.49. The molecule has 1 heterocycles. The molecule has 1 aliphatic heterocycles. The van der Waals surface area contributed by atoms with E-state index in [2.05, 4.69) is 43.0 Å². The lowest BCUT2D eigenvalue weighted by molar-refractivity contribution is 0.0176. The molecule has 1 saturated carbocycles. The average Bonchev–Trinajstić information content (AvgIpc) is 2.49. The van der Waals surface area contributed by atoms with Crippen molar-refractivity contribution in [3.05, 3.63) is 35.4 Å². The van der Waals surface area contributed by atoms with Gasteiger partial charge in [-0.1, -0.05) is 37.1 Å². The number of rotatable bonds is 3. The van der Waals surface area contributed by atoms with Gasteiger partial charge in [-0.2, -0.15) is 0 Å². The Morgan fingerprint density at radius 2 is 1.81 bits per heavy atom. The third kappa shape index (κ3) is 3.02. The van der Waals surface area contributed by atoms with Gasteiger partial charge in [-0.05, 0) is 63.1 Å². The molecule has 0 radical (unpaired) electrons. The van der Waals surface area contributed by atoms with Crippen LogP contribution in [0.3, 0.4) is 0 Å². The zero-order valence-electron chi connectivity index (χ0n) is 13.6. The van der Waals surface area contributed by atoms with Crippen molar-refractivity contribution in [1.82, 2.24) is 4.90 Å². The molecule has 2 heteroatoms. The van der Waals surface area contributed by atoms with Crippen molar-refractivity contribution in [1.29, 1.82) is 0 Å². The van der Waals surface area contributed by atoms with E-state index in [1.54, 1.807) is 0 Å². The number of fused-ring (bicyclic) bond motifs is 1. The molecule has 3 rings (SSSR count). The number of benzene rings is 1. The van der Waals surface area contributed by atoms with Crippen LogP contribution in [0.2, 0.25) is 0 Å². The van der Waals surface area contributed by atoms with Gasteiger partial charge in [-0.25, -0.2) is 0 Å². The average molecular weight is 286 g/mol. The summed E-state index contributed by atoms with van der Waals surface area (Å²) in [5.41, 5.74) is 9.28. The van der Waals surface area contributed by atoms with Gasteiger partial charge in [-0.15, -0.1) is 0 Å². The van der Waals surface area contributed by atoms with Crippen LogP contribution in [0.15, 0.2) is 24.3 Å². The van der Waals surface area contributed by atoms with Gasteiger partial charge >= 0.3 is 0 Å². The number of hydrogen-bond acceptors (Lipinski definition) is 2. The van der Waals surface area contributed by atoms with Crippen LogP contribution in [-0.2, 0) is 0 Å². The molecular weight excluding hydrogens is 256 g/mol. The van der Waals surface area contributed by atoms with Crippen LogP contribution >= 0.6 is 0 Å². The van der Waals surface area contributed by atoms with Gasteiger partial charge < -0.3 is 5.73 Å². The SMILES string of the molecule is Cc1ccccc1C(C(C)N)N1CCC[C@H]2CCCC[C@H]21. The Bertz CT molecular complexity index is 466. The van der Waals surface area contributed by atoms with Gasteiger partial charge in [-0.3, -0.25) is 4.90 Å². The quantitative estimate of drug-likeness (QED) is 0.908. The standard InChI is InChI=1S/C19H30N2/c1-14-8-3-5-11-17(14)19(15(2)20)21-13-7-10-16-9-4-6-12-18(16)21/h3,5,8,11,15-16,18-19H,4,6-7,9-10,12-13,20H2,1-2H3/t15?,16-,18-,19?/m1/s1. The predicted molar refractivity (Wildman–Crippen MR) is 89.3 cm³/mol. The Balaban J connectivity index is 1.91. The number of piperidine rings is 1. The maximum atomic E-state index is 6.45. The maximum Gasteiger partial charge on any atom is 0.0502 e. The van der Waals surface area contributed by atoms with E-state index in [1.165, 1.54) is 56.2 Å². The molecule has 2 fully saturated rings. The molecule has 2 aliphatic rings. The van der Waals surface area contributed by atoms with Gasteiger partial charge in [0.1, 0.15) is 0 Å². The Morgan fingerprint density at radius 3 is 2.57 bits per heavy atom. The first-order valence-electron chi connectivity index (χ1n) is 8.75. The lowest BCUT2D eigenvalue weighted by Crippen LogP contribution is -2.52. The minimum atomic E-state index is 0.187. The van der Waals surface area contributed by atoms with Crippen LogP contribution < -0.4 is 5.73 Å². The Hall–Kier alpha value is -0.860. The highest BCUT2D eigenvalue weighted by Crippen LogP contribution is 2.40. The highest BCUT2D eigenvalue weighted by Gasteiger charge is 2.38. The number of aryl methyl sites for hydroxylation is 1. The Morgan fingerprint density at radius 1 is 1.10 bits per heavy atom. The highest BCUT2D eigenvalue weighted by molar-refractivity contribution is 5.30. The summed E-state index contributed by atoms with van der Waals surface area (Å²) in [6.07, 6.45) is 8.41. The summed E-state index contributed by atoms with van der Waals surface area (Å²) in [5.74, 6) is 0.915. The van der Waals surface area contributed by atoms with E-state index in [0.29, 0.717) is 6.04 Å². The molecule has 0 bridgehead atoms. The summed E-state index contributed by atoms with van der Waals surface area (Å²) in [4.78, 5) is 2.76. The van der Waals surface area contributed by atoms with Crippen molar-refractivity contribution < 1.29 is 0 Å². The molecular formula is C19H30N2. The van der Waals surface area contributed by atoms with Crippen LogP contribution in [-0.4, -0.2) is 23.5 Å². The minimum absolute atomic E-state index is 0.187. The third-order valence-corrected chi connectivity index (χ3v) is 5.65. The topological polar surface area (TPSA) is 29.3 Å². The molecule has 0 spiro atoms. The molecule has 4 atom stereocenters. The van der Waals surface area contributed by atoms with E-state index in [4.69, 9.17) is 5.73 Å². The maximum absolute atomic E-state index is 6.45. The number of hydrogen-bond donors (Lipinski definition) is 1. The van der Waals surface area contributed by atoms with E-state index >= 15 is 0 Å². The second-order valence-corrected chi connectivity index (χ2v) is 7.15. The normalized spacial score (nSPS) is 29.7. The molecule has 1 aromatic rings. The summed E-state index contributed by atoms with van der Waals surface area (Å²) in [6.45, 7) is 5.64. The fraction of sp³-hybridized carbons (Fsp3) is 0.684. The monoisotopic (exact) mass is 286 g/mol. The van der Waals surface area contributed by atoms with E-state index in [-0.39, 0.29) is 6.04 Å². The van der Waals surface area contributed by atoms with E-state index in [0.717, 1.165) is 12.0 Å². The molecule has 1 saturated heterocycles. The fourth-order valence-corrected chi connectivity index (χ4v) is 4.69. The van der Waals surface area contributed by atoms with Crippen molar-refractivity contribution in [2.24, 2.45) is 11.7 Å². The lowest BCUT2D eigenvalue weighted by atomic mass is 9.76. The summed E-state index contributed by atoms with van der Waals surface area (Å²) >= 11 is 0. The van der Waals surface area contributed by atoms with E-state index < -0.39 is 0 Å². The molecule has 1 aliphatic carbocycles. The second-order valence-electron chi connectivity index (χ2n) is 7.15. The zero-order chi connectivity index (χ0) is 14.8. The zero-order valence-corrected chi connectivity index (χ0v) is 13.6. The summed E-state index contributed by atoms with van der Waals surface area (Å²) in [5, 5.41) is 0. The van der Waals surface area contributed by atoms with Crippen LogP contribution in [0, 0.1) is 12.8 Å². The van der Waals surface area contributed by atoms with Crippen molar-refractivity contribution in [3.63, 3.8) is 0 Å². The minimum Gasteiger partial charge on any atom is -0.326 e. The Kier molecular flexibility index (Phi) is 4.66. The largest absolute Gasteiger partial charge is 0.326 e. The predicted octanol–water partition coefficient (Wildman–Crippen LogP) is 4.04. The van der Waals surface area contributed by atoms with Gasteiger partial charge in [0.05, 0.1) is 6.04 Å². The van der Waals surface area contributed by atoms with Gasteiger partial charge in [0.15, 0.2) is 0 Å². The van der Waals surface area contributed by atoms with Crippen molar-refractivity contribution in [2.45, 2.75) is 70.5 Å². The summed E-state index contributed by atoms with van der Waals surface area (Å²) in [7, 11) is 0. The molecule has 21 heavy (non-hydrogen) atoms. The fourth-order valence-electron chi connectivity index (χ4n) is 4.69.